The van der Waals surface area contributed by atoms with E-state index in [0.29, 0.717) is 18.4 Å². The first-order chi connectivity index (χ1) is 17.4. The van der Waals surface area contributed by atoms with Crippen molar-refractivity contribution >= 4 is 28.5 Å². The summed E-state index contributed by atoms with van der Waals surface area (Å²) in [4.78, 5) is 47.4. The van der Waals surface area contributed by atoms with Crippen LogP contribution in [0.3, 0.4) is 0 Å². The molecule has 0 unspecified atom stereocenters. The number of nitrogens with zero attached hydrogens (tertiary/aromatic N) is 1. The summed E-state index contributed by atoms with van der Waals surface area (Å²) in [7, 11) is 0. The maximum atomic E-state index is 12.5. The number of hydrogen-bond donors (Lipinski definition) is 1. The van der Waals surface area contributed by atoms with E-state index in [2.05, 4.69) is 5.32 Å². The van der Waals surface area contributed by atoms with E-state index in [1.165, 1.54) is 48.5 Å². The molecule has 4 aromatic rings. The standard InChI is InChI=1S/C26H20N2O8/c29-24(16-34-22-9-5-4-8-21(22)28(32)33)35-19-11-10-18-14-20(26(31)36-23(18)15-19)25(30)27-13-12-17-6-2-1-3-7-17/h1-11,14-15H,12-13,16H2,(H,27,30). The molecule has 0 fully saturated rings. The van der Waals surface area contributed by atoms with Gasteiger partial charge in [0.05, 0.1) is 4.92 Å². The topological polar surface area (TPSA) is 138 Å². The molecule has 0 atom stereocenters. The Kier molecular flexibility index (Phi) is 7.35. The number of hydrogen-bond acceptors (Lipinski definition) is 8. The van der Waals surface area contributed by atoms with E-state index < -0.39 is 29.0 Å². The molecule has 1 heterocycles. The highest BCUT2D eigenvalue weighted by Crippen LogP contribution is 2.26. The monoisotopic (exact) mass is 488 g/mol. The third kappa shape index (κ3) is 5.92. The number of para-hydroxylation sites is 2. The Labute approximate surface area is 204 Å². The molecule has 0 saturated carbocycles. The van der Waals surface area contributed by atoms with Gasteiger partial charge >= 0.3 is 17.3 Å². The Morgan fingerprint density at radius 2 is 1.72 bits per heavy atom. The number of nitro benzene ring substituents is 1. The highest BCUT2D eigenvalue weighted by Gasteiger charge is 2.17. The first-order valence-electron chi connectivity index (χ1n) is 10.9. The fraction of sp³-hybridized carbons (Fsp3) is 0.115. The summed E-state index contributed by atoms with van der Waals surface area (Å²) in [6.45, 7) is -0.224. The Balaban J connectivity index is 1.39. The van der Waals surface area contributed by atoms with Crippen LogP contribution in [0.1, 0.15) is 15.9 Å². The third-order valence-corrected chi connectivity index (χ3v) is 5.13. The molecule has 0 aliphatic heterocycles. The number of esters is 1. The molecule has 3 aromatic carbocycles. The number of benzene rings is 3. The first kappa shape index (κ1) is 24.1. The van der Waals surface area contributed by atoms with Crippen molar-refractivity contribution in [2.45, 2.75) is 6.42 Å². The van der Waals surface area contributed by atoms with Gasteiger partial charge in [0.15, 0.2) is 12.4 Å². The van der Waals surface area contributed by atoms with Crippen LogP contribution in [0.25, 0.3) is 11.0 Å². The van der Waals surface area contributed by atoms with Gasteiger partial charge in [-0.3, -0.25) is 14.9 Å². The van der Waals surface area contributed by atoms with Gasteiger partial charge in [0, 0.05) is 24.1 Å². The molecule has 1 N–H and O–H groups in total. The summed E-state index contributed by atoms with van der Waals surface area (Å²) >= 11 is 0. The Bertz CT molecular complexity index is 1480. The zero-order chi connectivity index (χ0) is 25.5. The van der Waals surface area contributed by atoms with Gasteiger partial charge in [-0.1, -0.05) is 42.5 Å². The number of nitro groups is 1. The van der Waals surface area contributed by atoms with E-state index >= 15 is 0 Å². The number of rotatable bonds is 9. The largest absolute Gasteiger partial charge is 0.475 e. The smallest absolute Gasteiger partial charge is 0.349 e. The second-order valence-electron chi connectivity index (χ2n) is 7.63. The summed E-state index contributed by atoms with van der Waals surface area (Å²) in [6.07, 6.45) is 0.613. The lowest BCUT2D eigenvalue weighted by molar-refractivity contribution is -0.385. The van der Waals surface area contributed by atoms with Crippen molar-refractivity contribution in [3.8, 4) is 11.5 Å². The number of amides is 1. The van der Waals surface area contributed by atoms with Crippen LogP contribution in [0.4, 0.5) is 5.69 Å². The summed E-state index contributed by atoms with van der Waals surface area (Å²) in [5.74, 6) is -1.37. The number of fused-ring (bicyclic) bond motifs is 1. The van der Waals surface area contributed by atoms with Crippen molar-refractivity contribution in [2.24, 2.45) is 0 Å². The van der Waals surface area contributed by atoms with Crippen molar-refractivity contribution in [3.63, 3.8) is 0 Å². The molecule has 0 saturated heterocycles. The van der Waals surface area contributed by atoms with Crippen LogP contribution in [0.2, 0.25) is 0 Å². The molecule has 0 bridgehead atoms. The molecule has 1 aromatic heterocycles. The maximum absolute atomic E-state index is 12.5. The van der Waals surface area contributed by atoms with Gasteiger partial charge in [-0.2, -0.15) is 0 Å². The minimum Gasteiger partial charge on any atom is -0.475 e. The Hall–Kier alpha value is -4.99. The highest BCUT2D eigenvalue weighted by atomic mass is 16.6. The van der Waals surface area contributed by atoms with Crippen LogP contribution in [0.5, 0.6) is 11.5 Å². The summed E-state index contributed by atoms with van der Waals surface area (Å²) in [6, 6.07) is 21.0. The van der Waals surface area contributed by atoms with Gasteiger partial charge in [-0.15, -0.1) is 0 Å². The van der Waals surface area contributed by atoms with Crippen molar-refractivity contribution in [1.82, 2.24) is 5.32 Å². The SMILES string of the molecule is O=C(COc1ccccc1[N+](=O)[O-])Oc1ccc2cc(C(=O)NCCc3ccccc3)c(=O)oc2c1. The summed E-state index contributed by atoms with van der Waals surface area (Å²) in [5.41, 5.74) is -0.0812. The van der Waals surface area contributed by atoms with Crippen LogP contribution in [-0.4, -0.2) is 30.0 Å². The van der Waals surface area contributed by atoms with E-state index in [4.69, 9.17) is 13.9 Å². The van der Waals surface area contributed by atoms with E-state index in [0.717, 1.165) is 5.56 Å². The molecule has 0 spiro atoms. The molecular weight excluding hydrogens is 468 g/mol. The fourth-order valence-electron chi connectivity index (χ4n) is 3.40. The normalized spacial score (nSPS) is 10.6. The predicted molar refractivity (Wildman–Crippen MR) is 129 cm³/mol. The molecule has 1 amide bonds. The van der Waals surface area contributed by atoms with Crippen LogP contribution in [0, 0.1) is 10.1 Å². The van der Waals surface area contributed by atoms with Crippen molar-refractivity contribution in [1.29, 1.82) is 0 Å². The van der Waals surface area contributed by atoms with Gasteiger partial charge in [0.1, 0.15) is 16.9 Å². The molecule has 10 nitrogen and oxygen atoms in total. The number of nitrogens with one attached hydrogen (secondary N) is 1. The lowest BCUT2D eigenvalue weighted by atomic mass is 10.1. The van der Waals surface area contributed by atoms with Crippen LogP contribution in [-0.2, 0) is 11.2 Å². The van der Waals surface area contributed by atoms with Crippen molar-refractivity contribution in [3.05, 3.63) is 111 Å². The van der Waals surface area contributed by atoms with Gasteiger partial charge in [-0.05, 0) is 36.2 Å². The second kappa shape index (κ2) is 11.0. The van der Waals surface area contributed by atoms with E-state index in [9.17, 15) is 24.5 Å². The summed E-state index contributed by atoms with van der Waals surface area (Å²) in [5, 5.41) is 14.2. The van der Waals surface area contributed by atoms with Gasteiger partial charge in [0.2, 0.25) is 0 Å². The second-order valence-corrected chi connectivity index (χ2v) is 7.63. The zero-order valence-corrected chi connectivity index (χ0v) is 18.8. The minimum atomic E-state index is -0.831. The van der Waals surface area contributed by atoms with Crippen LogP contribution >= 0.6 is 0 Å². The quantitative estimate of drug-likeness (QED) is 0.124. The molecule has 4 rings (SSSR count). The van der Waals surface area contributed by atoms with Gasteiger partial charge in [0.25, 0.3) is 5.91 Å². The first-order valence-corrected chi connectivity index (χ1v) is 10.9. The predicted octanol–water partition coefficient (Wildman–Crippen LogP) is 3.66. The van der Waals surface area contributed by atoms with Crippen LogP contribution < -0.4 is 20.4 Å². The highest BCUT2D eigenvalue weighted by molar-refractivity contribution is 5.96. The Morgan fingerprint density at radius 3 is 2.50 bits per heavy atom. The molecule has 0 radical (unpaired) electrons. The van der Waals surface area contributed by atoms with E-state index in [-0.39, 0.29) is 28.3 Å². The fourth-order valence-corrected chi connectivity index (χ4v) is 3.40. The maximum Gasteiger partial charge on any atom is 0.349 e. The average Bonchev–Trinajstić information content (AvgIpc) is 2.87. The van der Waals surface area contributed by atoms with Gasteiger partial charge < -0.3 is 19.2 Å². The lowest BCUT2D eigenvalue weighted by Gasteiger charge is -2.08. The average molecular weight is 488 g/mol. The molecule has 10 heteroatoms. The van der Waals surface area contributed by atoms with Crippen molar-refractivity contribution in [2.75, 3.05) is 13.2 Å². The number of carbonyl (C=O) groups is 2. The Morgan fingerprint density at radius 1 is 0.972 bits per heavy atom. The molecule has 0 aliphatic rings. The number of carbonyl (C=O) groups excluding carboxylic acids is 2. The summed E-state index contributed by atoms with van der Waals surface area (Å²) < 4.78 is 15.6. The molecule has 0 aliphatic carbocycles. The molecule has 182 valence electrons. The van der Waals surface area contributed by atoms with Crippen molar-refractivity contribution < 1.29 is 28.4 Å². The minimum absolute atomic E-state index is 0.0708. The lowest BCUT2D eigenvalue weighted by Crippen LogP contribution is -2.29. The third-order valence-electron chi connectivity index (χ3n) is 5.13. The zero-order valence-electron chi connectivity index (χ0n) is 18.8. The van der Waals surface area contributed by atoms with Crippen LogP contribution in [0.15, 0.2) is 88.1 Å². The van der Waals surface area contributed by atoms with Gasteiger partial charge in [-0.25, -0.2) is 9.59 Å². The number of ether oxygens (including phenoxy) is 2. The van der Waals surface area contributed by atoms with E-state index in [1.807, 2.05) is 30.3 Å². The molecular formula is C26H20N2O8. The van der Waals surface area contributed by atoms with E-state index in [1.54, 1.807) is 0 Å². The molecule has 36 heavy (non-hydrogen) atoms.